The summed E-state index contributed by atoms with van der Waals surface area (Å²) in [5, 5.41) is 2.80. The molecule has 0 aliphatic heterocycles. The maximum atomic E-state index is 12.0. The van der Waals surface area contributed by atoms with Gasteiger partial charge in [0.2, 0.25) is 0 Å². The molecular formula is C14H14BrN3O2. The highest BCUT2D eigenvalue weighted by Gasteiger charge is 2.09. The first-order chi connectivity index (χ1) is 9.60. The minimum atomic E-state index is -0.171. The summed E-state index contributed by atoms with van der Waals surface area (Å²) in [5.41, 5.74) is 2.12. The third-order valence-electron chi connectivity index (χ3n) is 2.68. The van der Waals surface area contributed by atoms with E-state index in [1.54, 1.807) is 37.7 Å². The summed E-state index contributed by atoms with van der Waals surface area (Å²) in [5.74, 6) is 0.515. The van der Waals surface area contributed by atoms with Crippen LogP contribution in [0.1, 0.15) is 21.7 Å². The highest BCUT2D eigenvalue weighted by Crippen LogP contribution is 2.25. The Balaban J connectivity index is 2.01. The van der Waals surface area contributed by atoms with E-state index in [-0.39, 0.29) is 5.91 Å². The van der Waals surface area contributed by atoms with E-state index in [0.717, 1.165) is 15.9 Å². The lowest BCUT2D eigenvalue weighted by Gasteiger charge is -2.07. The average molecular weight is 336 g/mol. The summed E-state index contributed by atoms with van der Waals surface area (Å²) in [6, 6.07) is 5.17. The van der Waals surface area contributed by atoms with Crippen LogP contribution in [-0.2, 0) is 6.54 Å². The Kier molecular flexibility index (Phi) is 4.68. The maximum Gasteiger partial charge on any atom is 0.251 e. The second-order valence-corrected chi connectivity index (χ2v) is 5.04. The number of halogens is 1. The van der Waals surface area contributed by atoms with Gasteiger partial charge in [-0.15, -0.1) is 0 Å². The van der Waals surface area contributed by atoms with Crippen LogP contribution in [0, 0.1) is 6.92 Å². The molecule has 20 heavy (non-hydrogen) atoms. The number of benzene rings is 1. The number of rotatable bonds is 4. The zero-order valence-electron chi connectivity index (χ0n) is 11.2. The molecule has 0 spiro atoms. The van der Waals surface area contributed by atoms with E-state index in [2.05, 4.69) is 31.2 Å². The van der Waals surface area contributed by atoms with Crippen molar-refractivity contribution >= 4 is 21.8 Å². The Hall–Kier alpha value is -1.95. The Morgan fingerprint density at radius 3 is 2.75 bits per heavy atom. The molecule has 0 atom stereocenters. The van der Waals surface area contributed by atoms with Crippen LogP contribution in [0.4, 0.5) is 0 Å². The van der Waals surface area contributed by atoms with Crippen molar-refractivity contribution in [2.24, 2.45) is 0 Å². The van der Waals surface area contributed by atoms with Gasteiger partial charge in [-0.1, -0.05) is 0 Å². The van der Waals surface area contributed by atoms with Gasteiger partial charge in [0.1, 0.15) is 5.75 Å². The van der Waals surface area contributed by atoms with E-state index >= 15 is 0 Å². The van der Waals surface area contributed by atoms with Gasteiger partial charge in [0.15, 0.2) is 0 Å². The number of hydrogen-bond acceptors (Lipinski definition) is 4. The minimum absolute atomic E-state index is 0.171. The van der Waals surface area contributed by atoms with Crippen LogP contribution in [0.2, 0.25) is 0 Å². The van der Waals surface area contributed by atoms with Crippen molar-refractivity contribution in [3.05, 3.63) is 52.0 Å². The molecule has 0 unspecified atom stereocenters. The standard InChI is InChI=1S/C14H14BrN3O2/c1-9-6-17-11(7-16-9)8-18-14(19)10-3-4-13(20-2)12(15)5-10/h3-7H,8H2,1-2H3,(H,18,19). The number of nitrogens with zero attached hydrogens (tertiary/aromatic N) is 2. The maximum absolute atomic E-state index is 12.0. The Morgan fingerprint density at radius 2 is 2.15 bits per heavy atom. The van der Waals surface area contributed by atoms with E-state index in [9.17, 15) is 4.79 Å². The molecule has 1 N–H and O–H groups in total. The van der Waals surface area contributed by atoms with Gasteiger partial charge in [0, 0.05) is 11.8 Å². The van der Waals surface area contributed by atoms with Crippen LogP contribution in [-0.4, -0.2) is 23.0 Å². The van der Waals surface area contributed by atoms with Crippen LogP contribution < -0.4 is 10.1 Å². The van der Waals surface area contributed by atoms with Gasteiger partial charge in [-0.25, -0.2) is 0 Å². The normalized spacial score (nSPS) is 10.2. The van der Waals surface area contributed by atoms with Gasteiger partial charge in [0.25, 0.3) is 5.91 Å². The third-order valence-corrected chi connectivity index (χ3v) is 3.30. The van der Waals surface area contributed by atoms with E-state index in [1.165, 1.54) is 0 Å². The second-order valence-electron chi connectivity index (χ2n) is 4.18. The molecule has 2 rings (SSSR count). The summed E-state index contributed by atoms with van der Waals surface area (Å²) in [4.78, 5) is 20.3. The Bertz CT molecular complexity index is 614. The molecule has 1 amide bonds. The number of ether oxygens (including phenoxy) is 1. The van der Waals surface area contributed by atoms with Gasteiger partial charge in [-0.2, -0.15) is 0 Å². The quantitative estimate of drug-likeness (QED) is 0.932. The van der Waals surface area contributed by atoms with Crippen LogP contribution in [0.3, 0.4) is 0 Å². The first kappa shape index (κ1) is 14.5. The Labute approximate surface area is 125 Å². The third kappa shape index (κ3) is 3.54. The molecule has 0 aliphatic carbocycles. The molecule has 0 radical (unpaired) electrons. The van der Waals surface area contributed by atoms with Gasteiger partial charge >= 0.3 is 0 Å². The van der Waals surface area contributed by atoms with Crippen LogP contribution >= 0.6 is 15.9 Å². The largest absolute Gasteiger partial charge is 0.496 e. The van der Waals surface area contributed by atoms with E-state index in [1.807, 2.05) is 6.92 Å². The number of carbonyl (C=O) groups is 1. The summed E-state index contributed by atoms with van der Waals surface area (Å²) in [6.45, 7) is 2.21. The lowest BCUT2D eigenvalue weighted by Crippen LogP contribution is -2.23. The molecule has 104 valence electrons. The number of amides is 1. The number of carbonyl (C=O) groups excluding carboxylic acids is 1. The lowest BCUT2D eigenvalue weighted by atomic mass is 10.2. The molecule has 6 heteroatoms. The molecular weight excluding hydrogens is 322 g/mol. The number of aromatic nitrogens is 2. The minimum Gasteiger partial charge on any atom is -0.496 e. The summed E-state index contributed by atoms with van der Waals surface area (Å²) in [6.07, 6.45) is 3.32. The summed E-state index contributed by atoms with van der Waals surface area (Å²) in [7, 11) is 1.58. The Morgan fingerprint density at radius 1 is 1.35 bits per heavy atom. The zero-order valence-corrected chi connectivity index (χ0v) is 12.8. The fourth-order valence-electron chi connectivity index (χ4n) is 1.59. The predicted molar refractivity (Wildman–Crippen MR) is 78.6 cm³/mol. The van der Waals surface area contributed by atoms with Crippen molar-refractivity contribution < 1.29 is 9.53 Å². The van der Waals surface area contributed by atoms with Gasteiger partial charge < -0.3 is 10.1 Å². The molecule has 1 aromatic heterocycles. The highest BCUT2D eigenvalue weighted by molar-refractivity contribution is 9.10. The predicted octanol–water partition coefficient (Wildman–Crippen LogP) is 2.49. The van der Waals surface area contributed by atoms with Crippen LogP contribution in [0.5, 0.6) is 5.75 Å². The van der Waals surface area contributed by atoms with E-state index < -0.39 is 0 Å². The monoisotopic (exact) mass is 335 g/mol. The number of methoxy groups -OCH3 is 1. The van der Waals surface area contributed by atoms with Crippen LogP contribution in [0.25, 0.3) is 0 Å². The summed E-state index contributed by atoms with van der Waals surface area (Å²) >= 11 is 3.35. The number of nitrogens with one attached hydrogen (secondary N) is 1. The molecule has 1 heterocycles. The van der Waals surface area contributed by atoms with Crippen molar-refractivity contribution in [2.45, 2.75) is 13.5 Å². The van der Waals surface area contributed by atoms with Crippen molar-refractivity contribution in [3.63, 3.8) is 0 Å². The molecule has 0 fully saturated rings. The van der Waals surface area contributed by atoms with E-state index in [4.69, 9.17) is 4.74 Å². The van der Waals surface area contributed by atoms with Crippen molar-refractivity contribution in [1.82, 2.24) is 15.3 Å². The van der Waals surface area contributed by atoms with Crippen molar-refractivity contribution in [2.75, 3.05) is 7.11 Å². The van der Waals surface area contributed by atoms with Crippen molar-refractivity contribution in [3.8, 4) is 5.75 Å². The molecule has 1 aromatic carbocycles. The molecule has 0 aliphatic rings. The highest BCUT2D eigenvalue weighted by atomic mass is 79.9. The fourth-order valence-corrected chi connectivity index (χ4v) is 2.13. The molecule has 0 bridgehead atoms. The van der Waals surface area contributed by atoms with Crippen LogP contribution in [0.15, 0.2) is 35.1 Å². The van der Waals surface area contributed by atoms with Gasteiger partial charge in [-0.05, 0) is 41.1 Å². The number of hydrogen-bond donors (Lipinski definition) is 1. The summed E-state index contributed by atoms with van der Waals surface area (Å²) < 4.78 is 5.86. The second kappa shape index (κ2) is 6.47. The van der Waals surface area contributed by atoms with Crippen molar-refractivity contribution in [1.29, 1.82) is 0 Å². The first-order valence-corrected chi connectivity index (χ1v) is 6.78. The SMILES string of the molecule is COc1ccc(C(=O)NCc2cnc(C)cn2)cc1Br. The topological polar surface area (TPSA) is 64.1 Å². The lowest BCUT2D eigenvalue weighted by molar-refractivity contribution is 0.0950. The van der Waals surface area contributed by atoms with Gasteiger partial charge in [0.05, 0.1) is 35.7 Å². The average Bonchev–Trinajstić information content (AvgIpc) is 2.46. The van der Waals surface area contributed by atoms with Gasteiger partial charge in [-0.3, -0.25) is 14.8 Å². The molecule has 5 nitrogen and oxygen atoms in total. The zero-order chi connectivity index (χ0) is 14.5. The smallest absolute Gasteiger partial charge is 0.251 e. The van der Waals surface area contributed by atoms with E-state index in [0.29, 0.717) is 17.9 Å². The molecule has 0 saturated carbocycles. The molecule has 2 aromatic rings. The number of aryl methyl sites for hydroxylation is 1. The molecule has 0 saturated heterocycles. The fraction of sp³-hybridized carbons (Fsp3) is 0.214. The first-order valence-electron chi connectivity index (χ1n) is 5.99.